The smallest absolute Gasteiger partial charge is 0.341 e. The summed E-state index contributed by atoms with van der Waals surface area (Å²) in [5.41, 5.74) is -4.19. The molecule has 0 amide bonds. The highest BCUT2D eigenvalue weighted by Crippen LogP contribution is 2.42. The van der Waals surface area contributed by atoms with Crippen LogP contribution in [0.25, 0.3) is 10.9 Å². The second-order valence-corrected chi connectivity index (χ2v) is 25.1. The van der Waals surface area contributed by atoms with Crippen molar-refractivity contribution in [3.63, 3.8) is 0 Å². The third kappa shape index (κ3) is 14.7. The second kappa shape index (κ2) is 26.5. The van der Waals surface area contributed by atoms with E-state index in [1.165, 1.54) is 13.1 Å². The molecule has 5 N–H and O–H groups in total. The summed E-state index contributed by atoms with van der Waals surface area (Å²) >= 11 is 0. The molecule has 0 bridgehead atoms. The molecule has 4 aliphatic rings. The van der Waals surface area contributed by atoms with E-state index in [9.17, 15) is 39.9 Å². The van der Waals surface area contributed by atoms with E-state index in [1.54, 1.807) is 40.9 Å². The van der Waals surface area contributed by atoms with Gasteiger partial charge in [0.25, 0.3) is 0 Å². The van der Waals surface area contributed by atoms with Crippen LogP contribution in [-0.4, -0.2) is 203 Å². The van der Waals surface area contributed by atoms with Gasteiger partial charge in [-0.05, 0) is 152 Å². The Bertz CT molecular complexity index is 2410. The minimum atomic E-state index is -1.84. The second-order valence-electron chi connectivity index (χ2n) is 25.1. The van der Waals surface area contributed by atoms with Crippen LogP contribution in [0.1, 0.15) is 144 Å². The van der Waals surface area contributed by atoms with E-state index in [0.717, 1.165) is 18.4 Å². The fraction of sp³-hybridized carbons (Fsp3) is 0.814. The van der Waals surface area contributed by atoms with Crippen LogP contribution in [0.5, 0.6) is 5.75 Å². The molecule has 5 heterocycles. The lowest BCUT2D eigenvalue weighted by molar-refractivity contribution is -0.320. The topological polar surface area (TPSA) is 247 Å². The van der Waals surface area contributed by atoms with E-state index < -0.39 is 113 Å². The normalized spacial score (nSPS) is 38.0. The number of methoxy groups -OCH3 is 1. The minimum absolute atomic E-state index is 0.176. The summed E-state index contributed by atoms with van der Waals surface area (Å²) in [6, 6.07) is 2.85. The number of carbonyl (C=O) groups excluding carboxylic acids is 1. The molecule has 6 rings (SSSR count). The lowest BCUT2D eigenvalue weighted by Gasteiger charge is -2.49. The first-order valence-electron chi connectivity index (χ1n) is 28.7. The van der Waals surface area contributed by atoms with Gasteiger partial charge in [-0.1, -0.05) is 20.8 Å². The summed E-state index contributed by atoms with van der Waals surface area (Å²) in [6.07, 6.45) is -3.74. The number of carboxylic acids is 1. The molecule has 0 radical (unpaired) electrons. The maximum atomic E-state index is 14.6. The number of aliphatic hydroxyl groups excluding tert-OH is 2. The number of aromatic nitrogens is 1. The molecule has 20 heteroatoms. The fourth-order valence-electron chi connectivity index (χ4n) is 12.7. The molecule has 0 saturated carbocycles. The molecule has 79 heavy (non-hydrogen) atoms. The Balaban J connectivity index is 1.13. The first-order valence-corrected chi connectivity index (χ1v) is 28.7. The molecule has 3 fully saturated rings. The van der Waals surface area contributed by atoms with Crippen LogP contribution in [-0.2, 0) is 54.6 Å². The molecule has 0 unspecified atom stereocenters. The number of nitrogens with zero attached hydrogens (tertiary/aromatic N) is 3. The number of hydrogen-bond acceptors (Lipinski definition) is 18. The molecule has 4 aliphatic heterocycles. The average Bonchev–Trinajstić information content (AvgIpc) is 3.49. The summed E-state index contributed by atoms with van der Waals surface area (Å²) in [5, 5.41) is 58.3. The van der Waals surface area contributed by atoms with E-state index in [4.69, 9.17) is 42.6 Å². The van der Waals surface area contributed by atoms with Crippen LogP contribution < -0.4 is 10.2 Å². The largest absolute Gasteiger partial charge is 0.489 e. The molecule has 1 aromatic carbocycles. The number of esters is 1. The Morgan fingerprint density at radius 3 is 2.23 bits per heavy atom. The van der Waals surface area contributed by atoms with Gasteiger partial charge in [0, 0.05) is 64.1 Å². The van der Waals surface area contributed by atoms with Crippen LogP contribution in [0.15, 0.2) is 23.1 Å². The van der Waals surface area contributed by atoms with Crippen molar-refractivity contribution in [1.82, 2.24) is 14.4 Å². The van der Waals surface area contributed by atoms with Gasteiger partial charge in [-0.2, -0.15) is 0 Å². The van der Waals surface area contributed by atoms with E-state index in [-0.39, 0.29) is 42.9 Å². The predicted molar refractivity (Wildman–Crippen MR) is 296 cm³/mol. The van der Waals surface area contributed by atoms with Crippen molar-refractivity contribution in [3.8, 4) is 5.75 Å². The number of likely N-dealkylation sites (N-methyl/N-ethyl adjacent to an activating group) is 2. The van der Waals surface area contributed by atoms with Gasteiger partial charge in [-0.15, -0.1) is 0 Å². The highest BCUT2D eigenvalue weighted by molar-refractivity contribution is 5.95. The minimum Gasteiger partial charge on any atom is -0.489 e. The number of pyridine rings is 1. The first-order chi connectivity index (χ1) is 36.9. The number of rotatable bonds is 18. The quantitative estimate of drug-likeness (QED) is 0.0914. The summed E-state index contributed by atoms with van der Waals surface area (Å²) in [5.74, 6) is -3.39. The van der Waals surface area contributed by atoms with Gasteiger partial charge < -0.3 is 82.5 Å². The Hall–Kier alpha value is -3.35. The first kappa shape index (κ1) is 64.8. The van der Waals surface area contributed by atoms with Gasteiger partial charge in [-0.3, -0.25) is 9.59 Å². The van der Waals surface area contributed by atoms with Crippen molar-refractivity contribution in [1.29, 1.82) is 0 Å². The molecular weight excluding hydrogens is 1020 g/mol. The highest BCUT2D eigenvalue weighted by atomic mass is 16.7. The van der Waals surface area contributed by atoms with Crippen molar-refractivity contribution in [2.24, 2.45) is 17.8 Å². The van der Waals surface area contributed by atoms with Crippen molar-refractivity contribution in [2.45, 2.75) is 230 Å². The molecule has 2 aromatic rings. The summed E-state index contributed by atoms with van der Waals surface area (Å²) in [6.45, 7) is 23.9. The highest BCUT2D eigenvalue weighted by Gasteiger charge is 2.53. The standard InChI is InChI=1S/C59H97N3O17/c1-17-44-59(12,70)50(65)37(6)61(15)30-33(2)28-57(10,69)51(79-55-48(64)42(60(13)14)25-34(3)75-55)35(4)49(36(5)54(68)77-44)78-45-29-58(11,71-16)52(38(7)76-45)73-24-20-23-72-22-19-18-21-39-26-40-46-43(27-39)74-32-56(8,9)62(46)31-41(47(40)63)53(66)67/h26-27,31,33-38,42,44-45,48-52,55,64-65,69-70H,17-25,28-30,32H2,1-16H3,(H,66,67)/t33-,34-,35+,36-,37-,38+,42+,44-,45+,48-,49+,50-,51-,52+,55+,57-,58-,59-/m1/s1. The number of cyclic esters (lactones) is 1. The van der Waals surface area contributed by atoms with Crippen molar-refractivity contribution < 1.29 is 77.8 Å². The van der Waals surface area contributed by atoms with Crippen molar-refractivity contribution >= 4 is 22.8 Å². The Morgan fingerprint density at radius 1 is 0.899 bits per heavy atom. The number of ether oxygens (including phenoxy) is 9. The van der Waals surface area contributed by atoms with Gasteiger partial charge in [0.05, 0.1) is 58.0 Å². The lowest BCUT2D eigenvalue weighted by atomic mass is 9.77. The molecule has 20 nitrogen and oxygen atoms in total. The number of carboxylic acid groups (broad SMARTS) is 1. The van der Waals surface area contributed by atoms with Gasteiger partial charge in [0.2, 0.25) is 5.43 Å². The van der Waals surface area contributed by atoms with E-state index >= 15 is 0 Å². The predicted octanol–water partition coefficient (Wildman–Crippen LogP) is 5.50. The third-order valence-electron chi connectivity index (χ3n) is 17.5. The van der Waals surface area contributed by atoms with Crippen LogP contribution in [0.4, 0.5) is 0 Å². The number of aryl methyl sites for hydroxylation is 1. The maximum Gasteiger partial charge on any atom is 0.341 e. The zero-order valence-electron chi connectivity index (χ0n) is 50.1. The Morgan fingerprint density at radius 2 is 1.58 bits per heavy atom. The Labute approximate surface area is 468 Å². The third-order valence-corrected chi connectivity index (χ3v) is 17.5. The zero-order chi connectivity index (χ0) is 58.7. The number of carbonyl (C=O) groups is 2. The molecule has 0 spiro atoms. The Kier molecular flexibility index (Phi) is 21.7. The molecular formula is C59H97N3O17. The van der Waals surface area contributed by atoms with Crippen molar-refractivity contribution in [2.75, 3.05) is 61.2 Å². The van der Waals surface area contributed by atoms with E-state index in [2.05, 4.69) is 0 Å². The summed E-state index contributed by atoms with van der Waals surface area (Å²) < 4.78 is 59.6. The zero-order valence-corrected chi connectivity index (χ0v) is 50.1. The number of unbranched alkanes of at least 4 members (excludes halogenated alkanes) is 1. The van der Waals surface area contributed by atoms with E-state index in [1.807, 2.05) is 90.0 Å². The maximum absolute atomic E-state index is 14.6. The lowest BCUT2D eigenvalue weighted by Crippen LogP contribution is -2.61. The van der Waals surface area contributed by atoms with Gasteiger partial charge >= 0.3 is 11.9 Å². The van der Waals surface area contributed by atoms with Crippen LogP contribution in [0.2, 0.25) is 0 Å². The average molecular weight is 1120 g/mol. The van der Waals surface area contributed by atoms with Crippen LogP contribution in [0.3, 0.4) is 0 Å². The summed E-state index contributed by atoms with van der Waals surface area (Å²) in [4.78, 5) is 43.7. The molecule has 18 atom stereocenters. The van der Waals surface area contributed by atoms with Crippen LogP contribution in [0, 0.1) is 17.8 Å². The molecule has 3 saturated heterocycles. The van der Waals surface area contributed by atoms with Gasteiger partial charge in [0.15, 0.2) is 12.6 Å². The van der Waals surface area contributed by atoms with E-state index in [0.29, 0.717) is 68.9 Å². The van der Waals surface area contributed by atoms with Gasteiger partial charge in [-0.25, -0.2) is 4.79 Å². The monoisotopic (exact) mass is 1120 g/mol. The number of aliphatic hydroxyl groups is 4. The number of benzene rings is 1. The number of aromatic carboxylic acids is 1. The molecule has 450 valence electrons. The fourth-order valence-corrected chi connectivity index (χ4v) is 12.7. The van der Waals surface area contributed by atoms with Gasteiger partial charge in [0.1, 0.15) is 47.9 Å². The van der Waals surface area contributed by atoms with Crippen LogP contribution >= 0.6 is 0 Å². The summed E-state index contributed by atoms with van der Waals surface area (Å²) in [7, 11) is 7.23. The SMILES string of the molecule is CC[C@H]1OC(=O)[C@H](C)[C@@H](O[C@H]2C[C@@](C)(OC)[C@@H](OCCCOCCCCc3cc4c5c(c3)c(=O)c(C(=O)O)cn5C(C)(C)CO4)[C@H](C)O2)[C@H](C)[C@@H](O[C@@H]2O[C@H](C)C[C@H](N(C)C)[C@H]2O)[C@](C)(O)C[C@@H](C)CN(C)[C@H](C)[C@@H](O)[C@]1(C)O. The number of hydrogen-bond donors (Lipinski definition) is 5. The van der Waals surface area contributed by atoms with Crippen molar-refractivity contribution in [3.05, 3.63) is 39.7 Å². The molecule has 0 aliphatic carbocycles. The molecule has 1 aromatic heterocycles.